The van der Waals surface area contributed by atoms with Crippen molar-refractivity contribution in [2.45, 2.75) is 13.8 Å². The Morgan fingerprint density at radius 3 is 2.56 bits per heavy atom. The number of hydrogen-bond acceptors (Lipinski definition) is 2. The van der Waals surface area contributed by atoms with E-state index in [1.165, 1.54) is 0 Å². The lowest BCUT2D eigenvalue weighted by atomic mass is 10.1. The topological polar surface area (TPSA) is 34.9 Å². The van der Waals surface area contributed by atoms with Gasteiger partial charge in [0.2, 0.25) is 0 Å². The van der Waals surface area contributed by atoms with Crippen LogP contribution in [0.4, 0.5) is 0 Å². The van der Waals surface area contributed by atoms with E-state index in [1.54, 1.807) is 6.20 Å². The molecule has 0 amide bonds. The maximum absolute atomic E-state index is 11.0. The van der Waals surface area contributed by atoms with Crippen molar-refractivity contribution in [3.63, 3.8) is 0 Å². The zero-order valence-electron chi connectivity index (χ0n) is 9.69. The number of carbonyl (C=O) groups is 1. The molecule has 0 aliphatic heterocycles. The van der Waals surface area contributed by atoms with Crippen molar-refractivity contribution in [3.8, 4) is 11.4 Å². The van der Waals surface area contributed by atoms with E-state index >= 15 is 0 Å². The molecule has 0 aliphatic carbocycles. The van der Waals surface area contributed by atoms with Gasteiger partial charge < -0.3 is 4.57 Å². The van der Waals surface area contributed by atoms with Crippen molar-refractivity contribution in [1.82, 2.24) is 9.55 Å². The van der Waals surface area contributed by atoms with Crippen LogP contribution >= 0.6 is 0 Å². The number of carbonyl (C=O) groups excluding carboxylic acids is 1. The van der Waals surface area contributed by atoms with Gasteiger partial charge in [0.25, 0.3) is 0 Å². The van der Waals surface area contributed by atoms with Gasteiger partial charge in [-0.1, -0.05) is 6.07 Å². The van der Waals surface area contributed by atoms with Gasteiger partial charge in [-0.25, -0.2) is 0 Å². The quantitative estimate of drug-likeness (QED) is 0.720. The van der Waals surface area contributed by atoms with Gasteiger partial charge in [-0.15, -0.1) is 0 Å². The highest BCUT2D eigenvalue weighted by Crippen LogP contribution is 2.27. The molecule has 3 nitrogen and oxygen atoms in total. The molecule has 82 valence electrons. The second kappa shape index (κ2) is 3.93. The number of pyridine rings is 1. The molecule has 0 aliphatic rings. The average Bonchev–Trinajstić information content (AvgIpc) is 2.51. The standard InChI is InChI=1S/C13H14N2O/c1-9-11(8-16)10(2)15(3)13(9)12-6-4-5-7-14-12/h4-8H,1-3H3. The van der Waals surface area contributed by atoms with E-state index in [2.05, 4.69) is 4.98 Å². The summed E-state index contributed by atoms with van der Waals surface area (Å²) in [5.41, 5.74) is 4.66. The third-order valence-corrected chi connectivity index (χ3v) is 3.01. The monoisotopic (exact) mass is 214 g/mol. The van der Waals surface area contributed by atoms with Crippen molar-refractivity contribution < 1.29 is 4.79 Å². The lowest BCUT2D eigenvalue weighted by Crippen LogP contribution is -1.96. The molecule has 16 heavy (non-hydrogen) atoms. The predicted molar refractivity (Wildman–Crippen MR) is 63.5 cm³/mol. The van der Waals surface area contributed by atoms with Crippen molar-refractivity contribution in [1.29, 1.82) is 0 Å². The van der Waals surface area contributed by atoms with Gasteiger partial charge in [-0.2, -0.15) is 0 Å². The Hall–Kier alpha value is -1.90. The minimum atomic E-state index is 0.767. The van der Waals surface area contributed by atoms with E-state index < -0.39 is 0 Å². The molecule has 3 heteroatoms. The fraction of sp³-hybridized carbons (Fsp3) is 0.231. The summed E-state index contributed by atoms with van der Waals surface area (Å²) < 4.78 is 2.02. The third-order valence-electron chi connectivity index (χ3n) is 3.01. The Morgan fingerprint density at radius 1 is 1.31 bits per heavy atom. The van der Waals surface area contributed by atoms with E-state index in [1.807, 2.05) is 43.7 Å². The molecule has 2 rings (SSSR count). The maximum Gasteiger partial charge on any atom is 0.152 e. The van der Waals surface area contributed by atoms with Crippen LogP contribution in [0.5, 0.6) is 0 Å². The molecule has 0 unspecified atom stereocenters. The third kappa shape index (κ3) is 1.45. The van der Waals surface area contributed by atoms with Crippen LogP contribution in [0.2, 0.25) is 0 Å². The van der Waals surface area contributed by atoms with Crippen molar-refractivity contribution >= 4 is 6.29 Å². The second-order valence-corrected chi connectivity index (χ2v) is 3.86. The smallest absolute Gasteiger partial charge is 0.152 e. The first-order chi connectivity index (χ1) is 7.66. The summed E-state index contributed by atoms with van der Waals surface area (Å²) in [7, 11) is 1.96. The maximum atomic E-state index is 11.0. The number of rotatable bonds is 2. The van der Waals surface area contributed by atoms with Gasteiger partial charge in [0.15, 0.2) is 6.29 Å². The molecule has 0 saturated heterocycles. The molecule has 0 N–H and O–H groups in total. The Bertz CT molecular complexity index is 527. The first kappa shape index (κ1) is 10.6. The Morgan fingerprint density at radius 2 is 2.06 bits per heavy atom. The van der Waals surface area contributed by atoms with E-state index in [0.29, 0.717) is 0 Å². The zero-order chi connectivity index (χ0) is 11.7. The second-order valence-electron chi connectivity index (χ2n) is 3.86. The Balaban J connectivity index is 2.71. The van der Waals surface area contributed by atoms with Gasteiger partial charge in [0.1, 0.15) is 0 Å². The highest BCUT2D eigenvalue weighted by atomic mass is 16.1. The number of nitrogens with zero attached hydrogens (tertiary/aromatic N) is 2. The van der Waals surface area contributed by atoms with Gasteiger partial charge in [0, 0.05) is 24.5 Å². The first-order valence-electron chi connectivity index (χ1n) is 5.19. The van der Waals surface area contributed by atoms with E-state index in [9.17, 15) is 4.79 Å². The summed E-state index contributed by atoms with van der Waals surface area (Å²) in [5, 5.41) is 0. The van der Waals surface area contributed by atoms with Crippen molar-refractivity contribution in [2.24, 2.45) is 7.05 Å². The van der Waals surface area contributed by atoms with Gasteiger partial charge in [-0.3, -0.25) is 9.78 Å². The molecule has 2 heterocycles. The normalized spacial score (nSPS) is 10.4. The van der Waals surface area contributed by atoms with Crippen LogP contribution in [0, 0.1) is 13.8 Å². The van der Waals surface area contributed by atoms with Crippen LogP contribution in [0.25, 0.3) is 11.4 Å². The SMILES string of the molecule is Cc1c(C=O)c(C)n(C)c1-c1ccccn1. The molecule has 2 aromatic rings. The Labute approximate surface area is 94.7 Å². The molecule has 0 spiro atoms. The van der Waals surface area contributed by atoms with Crippen molar-refractivity contribution in [3.05, 3.63) is 41.2 Å². The van der Waals surface area contributed by atoms with Crippen LogP contribution in [-0.2, 0) is 7.05 Å². The van der Waals surface area contributed by atoms with Crippen LogP contribution in [-0.4, -0.2) is 15.8 Å². The average molecular weight is 214 g/mol. The van der Waals surface area contributed by atoms with Crippen LogP contribution in [0.1, 0.15) is 21.6 Å². The molecule has 2 aromatic heterocycles. The van der Waals surface area contributed by atoms with Gasteiger partial charge >= 0.3 is 0 Å². The van der Waals surface area contributed by atoms with Crippen LogP contribution in [0.3, 0.4) is 0 Å². The molecule has 0 radical (unpaired) electrons. The fourth-order valence-corrected chi connectivity index (χ4v) is 2.04. The molecule has 0 aromatic carbocycles. The summed E-state index contributed by atoms with van der Waals surface area (Å²) in [6, 6.07) is 5.79. The number of aromatic nitrogens is 2. The summed E-state index contributed by atoms with van der Waals surface area (Å²) >= 11 is 0. The highest BCUT2D eigenvalue weighted by Gasteiger charge is 2.16. The fourth-order valence-electron chi connectivity index (χ4n) is 2.04. The van der Waals surface area contributed by atoms with Gasteiger partial charge in [-0.05, 0) is 31.5 Å². The molecule has 0 bridgehead atoms. The summed E-state index contributed by atoms with van der Waals surface area (Å²) in [5.74, 6) is 0. The highest BCUT2D eigenvalue weighted by molar-refractivity contribution is 5.84. The lowest BCUT2D eigenvalue weighted by molar-refractivity contribution is 0.112. The number of hydrogen-bond donors (Lipinski definition) is 0. The van der Waals surface area contributed by atoms with Crippen LogP contribution in [0.15, 0.2) is 24.4 Å². The first-order valence-corrected chi connectivity index (χ1v) is 5.19. The molecular formula is C13H14N2O. The lowest BCUT2D eigenvalue weighted by Gasteiger charge is -2.05. The molecular weight excluding hydrogens is 200 g/mol. The predicted octanol–water partition coefficient (Wildman–Crippen LogP) is 2.52. The van der Waals surface area contributed by atoms with Crippen LogP contribution < -0.4 is 0 Å². The molecule has 0 fully saturated rings. The summed E-state index contributed by atoms with van der Waals surface area (Å²) in [6.07, 6.45) is 2.68. The minimum Gasteiger partial charge on any atom is -0.346 e. The number of aldehydes is 1. The molecule has 0 saturated carbocycles. The van der Waals surface area contributed by atoms with Crippen molar-refractivity contribution in [2.75, 3.05) is 0 Å². The van der Waals surface area contributed by atoms with E-state index in [-0.39, 0.29) is 0 Å². The van der Waals surface area contributed by atoms with E-state index in [4.69, 9.17) is 0 Å². The van der Waals surface area contributed by atoms with Gasteiger partial charge in [0.05, 0.1) is 11.4 Å². The summed E-state index contributed by atoms with van der Waals surface area (Å²) in [6.45, 7) is 3.91. The largest absolute Gasteiger partial charge is 0.346 e. The zero-order valence-corrected chi connectivity index (χ0v) is 9.69. The van der Waals surface area contributed by atoms with E-state index in [0.717, 1.165) is 34.5 Å². The Kier molecular flexibility index (Phi) is 2.60. The molecule has 0 atom stereocenters. The summed E-state index contributed by atoms with van der Waals surface area (Å²) in [4.78, 5) is 15.3. The minimum absolute atomic E-state index is 0.767.